The van der Waals surface area contributed by atoms with Crippen LogP contribution in [0.1, 0.15) is 58.9 Å². The maximum Gasteiger partial charge on any atom is 0.155 e. The molecule has 0 amide bonds. The first-order chi connectivity index (χ1) is 10.7. The molecule has 1 aromatic rings. The maximum absolute atomic E-state index is 12.2. The van der Waals surface area contributed by atoms with Crippen LogP contribution in [0.15, 0.2) is 24.3 Å². The van der Waals surface area contributed by atoms with Crippen molar-refractivity contribution in [2.24, 2.45) is 5.92 Å². The van der Waals surface area contributed by atoms with Gasteiger partial charge >= 0.3 is 0 Å². The van der Waals surface area contributed by atoms with Crippen LogP contribution in [0.3, 0.4) is 0 Å². The zero-order valence-electron chi connectivity index (χ0n) is 15.3. The van der Waals surface area contributed by atoms with Gasteiger partial charge in [-0.15, -0.1) is 0 Å². The van der Waals surface area contributed by atoms with Crippen LogP contribution in [0, 0.1) is 5.92 Å². The quantitative estimate of drug-likeness (QED) is 0.657. The Kier molecular flexibility index (Phi) is 7.59. The molecule has 23 heavy (non-hydrogen) atoms. The zero-order valence-corrected chi connectivity index (χ0v) is 16.1. The minimum Gasteiger partial charge on any atom is -0.496 e. The highest BCUT2D eigenvalue weighted by atomic mass is 32.2. The monoisotopic (exact) mass is 340 g/mol. The van der Waals surface area contributed by atoms with E-state index in [1.54, 1.807) is 27.9 Å². The number of sulfone groups is 1. The second-order valence-electron chi connectivity index (χ2n) is 7.20. The smallest absolute Gasteiger partial charge is 0.155 e. The summed E-state index contributed by atoms with van der Waals surface area (Å²) >= 11 is 0. The number of hydrogen-bond donors (Lipinski definition) is 0. The van der Waals surface area contributed by atoms with Crippen molar-refractivity contribution in [3.8, 4) is 5.75 Å². The predicted octanol–water partition coefficient (Wildman–Crippen LogP) is 4.65. The standard InChI is InChI=1S/C19H32O3S/c1-6-16(14-15-23(20,21)19(2,3)4)10-9-12-17-11-7-8-13-18(17)22-5/h7-8,11,13,16H,6,9-10,12,14-15H2,1-5H3. The predicted molar refractivity (Wildman–Crippen MR) is 97.9 cm³/mol. The SMILES string of the molecule is CCC(CCCc1ccccc1OC)CCS(=O)(=O)C(C)(C)C. The molecule has 0 aliphatic carbocycles. The molecule has 0 saturated carbocycles. The van der Waals surface area contributed by atoms with E-state index in [1.165, 1.54) is 5.56 Å². The van der Waals surface area contributed by atoms with Crippen LogP contribution >= 0.6 is 0 Å². The molecule has 0 radical (unpaired) electrons. The molecule has 0 bridgehead atoms. The van der Waals surface area contributed by atoms with Crippen molar-refractivity contribution in [3.05, 3.63) is 29.8 Å². The molecule has 1 aromatic carbocycles. The van der Waals surface area contributed by atoms with Gasteiger partial charge in [0.2, 0.25) is 0 Å². The van der Waals surface area contributed by atoms with E-state index in [0.29, 0.717) is 11.7 Å². The van der Waals surface area contributed by atoms with Gasteiger partial charge in [-0.2, -0.15) is 0 Å². The van der Waals surface area contributed by atoms with Gasteiger partial charge in [-0.25, -0.2) is 8.42 Å². The lowest BCUT2D eigenvalue weighted by molar-refractivity contribution is 0.404. The first-order valence-corrected chi connectivity index (χ1v) is 10.2. The molecule has 1 rings (SSSR count). The lowest BCUT2D eigenvalue weighted by atomic mass is 9.95. The Bertz CT molecular complexity index is 571. The lowest BCUT2D eigenvalue weighted by Crippen LogP contribution is -2.31. The van der Waals surface area contributed by atoms with Gasteiger partial charge in [0.05, 0.1) is 17.6 Å². The molecule has 0 fully saturated rings. The Balaban J connectivity index is 2.49. The minimum absolute atomic E-state index is 0.295. The van der Waals surface area contributed by atoms with E-state index in [0.717, 1.165) is 37.9 Å². The highest BCUT2D eigenvalue weighted by Gasteiger charge is 2.29. The summed E-state index contributed by atoms with van der Waals surface area (Å²) in [5.74, 6) is 1.71. The molecular formula is C19H32O3S. The van der Waals surface area contributed by atoms with Crippen molar-refractivity contribution in [2.75, 3.05) is 12.9 Å². The number of methoxy groups -OCH3 is 1. The molecule has 0 heterocycles. The number of rotatable bonds is 9. The molecule has 3 nitrogen and oxygen atoms in total. The molecule has 4 heteroatoms. The fraction of sp³-hybridized carbons (Fsp3) is 0.684. The third-order valence-corrected chi connectivity index (χ3v) is 7.20. The summed E-state index contributed by atoms with van der Waals surface area (Å²) < 4.78 is 29.2. The van der Waals surface area contributed by atoms with E-state index in [-0.39, 0.29) is 0 Å². The molecule has 0 N–H and O–H groups in total. The Labute approximate surface area is 142 Å². The van der Waals surface area contributed by atoms with Crippen molar-refractivity contribution in [1.29, 1.82) is 0 Å². The van der Waals surface area contributed by atoms with Crippen molar-refractivity contribution in [3.63, 3.8) is 0 Å². The van der Waals surface area contributed by atoms with E-state index >= 15 is 0 Å². The third-order valence-electron chi connectivity index (χ3n) is 4.56. The first kappa shape index (κ1) is 20.0. The molecule has 0 aliphatic heterocycles. The van der Waals surface area contributed by atoms with Crippen LogP contribution in [0.25, 0.3) is 0 Å². The van der Waals surface area contributed by atoms with Gasteiger partial charge in [-0.3, -0.25) is 0 Å². The van der Waals surface area contributed by atoms with Crippen molar-refractivity contribution in [2.45, 2.75) is 64.5 Å². The summed E-state index contributed by atoms with van der Waals surface area (Å²) in [5.41, 5.74) is 1.23. The second kappa shape index (κ2) is 8.72. The minimum atomic E-state index is -3.01. The van der Waals surface area contributed by atoms with Gasteiger partial charge in [0, 0.05) is 0 Å². The van der Waals surface area contributed by atoms with Gasteiger partial charge in [-0.05, 0) is 57.6 Å². The van der Waals surface area contributed by atoms with Crippen molar-refractivity contribution in [1.82, 2.24) is 0 Å². The lowest BCUT2D eigenvalue weighted by Gasteiger charge is -2.21. The Hall–Kier alpha value is -1.03. The normalized spacial score (nSPS) is 13.8. The maximum atomic E-state index is 12.2. The summed E-state index contributed by atoms with van der Waals surface area (Å²) in [6.07, 6.45) is 4.91. The molecular weight excluding hydrogens is 308 g/mol. The Morgan fingerprint density at radius 3 is 2.35 bits per heavy atom. The van der Waals surface area contributed by atoms with Crippen LogP contribution in [-0.2, 0) is 16.3 Å². The van der Waals surface area contributed by atoms with Crippen LogP contribution in [-0.4, -0.2) is 26.0 Å². The number of benzene rings is 1. The second-order valence-corrected chi connectivity index (χ2v) is 10.1. The van der Waals surface area contributed by atoms with Gasteiger partial charge in [0.15, 0.2) is 9.84 Å². The molecule has 132 valence electrons. The van der Waals surface area contributed by atoms with Crippen LogP contribution in [0.2, 0.25) is 0 Å². The average Bonchev–Trinajstić information content (AvgIpc) is 2.49. The summed E-state index contributed by atoms with van der Waals surface area (Å²) in [4.78, 5) is 0. The van der Waals surface area contributed by atoms with Gasteiger partial charge < -0.3 is 4.74 Å². The van der Waals surface area contributed by atoms with Crippen LogP contribution in [0.4, 0.5) is 0 Å². The van der Waals surface area contributed by atoms with E-state index in [2.05, 4.69) is 13.0 Å². The van der Waals surface area contributed by atoms with Crippen LogP contribution < -0.4 is 4.74 Å². The molecule has 0 aromatic heterocycles. The molecule has 0 aliphatic rings. The number of aryl methyl sites for hydroxylation is 1. The van der Waals surface area contributed by atoms with E-state index < -0.39 is 14.6 Å². The largest absolute Gasteiger partial charge is 0.496 e. The number of hydrogen-bond acceptors (Lipinski definition) is 3. The summed E-state index contributed by atoms with van der Waals surface area (Å²) in [5, 5.41) is 0. The van der Waals surface area contributed by atoms with E-state index in [9.17, 15) is 8.42 Å². The van der Waals surface area contributed by atoms with Gasteiger partial charge in [0.25, 0.3) is 0 Å². The molecule has 0 saturated heterocycles. The van der Waals surface area contributed by atoms with E-state index in [1.807, 2.05) is 18.2 Å². The highest BCUT2D eigenvalue weighted by Crippen LogP contribution is 2.24. The third kappa shape index (κ3) is 6.17. The highest BCUT2D eigenvalue weighted by molar-refractivity contribution is 7.92. The Morgan fingerprint density at radius 1 is 1.13 bits per heavy atom. The summed E-state index contributed by atoms with van der Waals surface area (Å²) in [6, 6.07) is 8.10. The molecule has 0 spiro atoms. The van der Waals surface area contributed by atoms with Crippen LogP contribution in [0.5, 0.6) is 5.75 Å². The first-order valence-electron chi connectivity index (χ1n) is 8.55. The number of para-hydroxylation sites is 1. The topological polar surface area (TPSA) is 43.4 Å². The molecule has 1 unspecified atom stereocenters. The van der Waals surface area contributed by atoms with Gasteiger partial charge in [0.1, 0.15) is 5.75 Å². The summed E-state index contributed by atoms with van der Waals surface area (Å²) in [7, 11) is -1.31. The molecule has 1 atom stereocenters. The summed E-state index contributed by atoms with van der Waals surface area (Å²) in [6.45, 7) is 7.50. The van der Waals surface area contributed by atoms with Crippen molar-refractivity contribution < 1.29 is 13.2 Å². The fourth-order valence-electron chi connectivity index (χ4n) is 2.67. The fourth-order valence-corrected chi connectivity index (χ4v) is 3.93. The number of ether oxygens (including phenoxy) is 1. The van der Waals surface area contributed by atoms with Crippen molar-refractivity contribution >= 4 is 9.84 Å². The Morgan fingerprint density at radius 2 is 1.78 bits per heavy atom. The zero-order chi connectivity index (χ0) is 17.5. The van der Waals surface area contributed by atoms with E-state index in [4.69, 9.17) is 4.74 Å². The van der Waals surface area contributed by atoms with Gasteiger partial charge in [-0.1, -0.05) is 38.0 Å². The average molecular weight is 341 g/mol.